The lowest BCUT2D eigenvalue weighted by molar-refractivity contribution is 0.0956. The van der Waals surface area contributed by atoms with Gasteiger partial charge >= 0.3 is 0 Å². The minimum Gasteiger partial charge on any atom is -0.494 e. The molecule has 1 aliphatic carbocycles. The first-order chi connectivity index (χ1) is 14.5. The van der Waals surface area contributed by atoms with Crippen LogP contribution in [-0.4, -0.2) is 28.8 Å². The van der Waals surface area contributed by atoms with Crippen LogP contribution in [0.2, 0.25) is 0 Å². The lowest BCUT2D eigenvalue weighted by Crippen LogP contribution is -2.34. The summed E-state index contributed by atoms with van der Waals surface area (Å²) in [6.45, 7) is 4.10. The van der Waals surface area contributed by atoms with Crippen molar-refractivity contribution in [3.63, 3.8) is 0 Å². The summed E-state index contributed by atoms with van der Waals surface area (Å²) in [5.41, 5.74) is 1.27. The van der Waals surface area contributed by atoms with Gasteiger partial charge in [-0.1, -0.05) is 19.9 Å². The zero-order valence-corrected chi connectivity index (χ0v) is 18.5. The van der Waals surface area contributed by atoms with Gasteiger partial charge in [0, 0.05) is 23.1 Å². The molecule has 9 heteroatoms. The molecule has 0 spiro atoms. The Morgan fingerprint density at radius 2 is 2.13 bits per heavy atom. The summed E-state index contributed by atoms with van der Waals surface area (Å²) in [6, 6.07) is 5.29. The minimum absolute atomic E-state index is 0.00569. The fourth-order valence-corrected chi connectivity index (χ4v) is 4.81. The Morgan fingerprint density at radius 3 is 2.81 bits per heavy atom. The molecule has 0 fully saturated rings. The highest BCUT2D eigenvalue weighted by molar-refractivity contribution is 7.95. The quantitative estimate of drug-likeness (QED) is 0.629. The number of rotatable bonds is 6. The number of aryl methyl sites for hydroxylation is 1. The second-order valence-corrected chi connectivity index (χ2v) is 10.1. The zero-order valence-electron chi connectivity index (χ0n) is 17.7. The molecule has 1 amide bonds. The van der Waals surface area contributed by atoms with Gasteiger partial charge in [0.05, 0.1) is 21.7 Å². The zero-order chi connectivity index (χ0) is 22.8. The van der Waals surface area contributed by atoms with Crippen LogP contribution in [0.15, 0.2) is 45.4 Å². The molecule has 0 radical (unpaired) electrons. The number of fused-ring (bicyclic) bond motifs is 1. The van der Waals surface area contributed by atoms with Crippen molar-refractivity contribution in [2.75, 3.05) is 13.7 Å². The fraction of sp³-hybridized carbons (Fsp3) is 0.364. The highest BCUT2D eigenvalue weighted by atomic mass is 32.2. The SMILES string of the molecule is COc1ccc(S(=N)(=O)/C=C/CNC(=O)c2cc3c([nH]c2=O)C(C)(C)CCC3)cc1F. The molecule has 0 bridgehead atoms. The summed E-state index contributed by atoms with van der Waals surface area (Å²) >= 11 is 0. The van der Waals surface area contributed by atoms with Crippen LogP contribution >= 0.6 is 0 Å². The average molecular weight is 448 g/mol. The van der Waals surface area contributed by atoms with Crippen molar-refractivity contribution in [3.8, 4) is 5.75 Å². The van der Waals surface area contributed by atoms with E-state index < -0.39 is 27.0 Å². The van der Waals surface area contributed by atoms with Gasteiger partial charge in [0.2, 0.25) is 0 Å². The number of carbonyl (C=O) groups excluding carboxylic acids is 1. The van der Waals surface area contributed by atoms with Gasteiger partial charge < -0.3 is 15.0 Å². The molecule has 0 aliphatic heterocycles. The van der Waals surface area contributed by atoms with Crippen molar-refractivity contribution in [3.05, 3.63) is 68.7 Å². The van der Waals surface area contributed by atoms with Gasteiger partial charge in [-0.25, -0.2) is 13.4 Å². The summed E-state index contributed by atoms with van der Waals surface area (Å²) in [6.07, 6.45) is 4.11. The van der Waals surface area contributed by atoms with Crippen molar-refractivity contribution in [1.82, 2.24) is 10.3 Å². The first-order valence-corrected chi connectivity index (χ1v) is 11.5. The predicted octanol–water partition coefficient (Wildman–Crippen LogP) is 3.49. The Kier molecular flexibility index (Phi) is 6.35. The van der Waals surface area contributed by atoms with Crippen molar-refractivity contribution in [1.29, 1.82) is 4.78 Å². The smallest absolute Gasteiger partial charge is 0.261 e. The summed E-state index contributed by atoms with van der Waals surface area (Å²) < 4.78 is 39.2. The van der Waals surface area contributed by atoms with Crippen molar-refractivity contribution >= 4 is 15.6 Å². The van der Waals surface area contributed by atoms with Crippen LogP contribution < -0.4 is 15.6 Å². The van der Waals surface area contributed by atoms with E-state index in [1.165, 1.54) is 25.3 Å². The van der Waals surface area contributed by atoms with Gasteiger partial charge in [0.25, 0.3) is 11.5 Å². The number of aromatic nitrogens is 1. The first-order valence-electron chi connectivity index (χ1n) is 9.89. The third-order valence-corrected chi connectivity index (χ3v) is 6.96. The van der Waals surface area contributed by atoms with Crippen LogP contribution in [0.25, 0.3) is 0 Å². The number of nitrogens with one attached hydrogen (secondary N) is 3. The number of ether oxygens (including phenoxy) is 1. The predicted molar refractivity (Wildman–Crippen MR) is 117 cm³/mol. The second-order valence-electron chi connectivity index (χ2n) is 8.13. The van der Waals surface area contributed by atoms with Gasteiger partial charge in [-0.2, -0.15) is 0 Å². The van der Waals surface area contributed by atoms with Gasteiger partial charge in [-0.15, -0.1) is 0 Å². The van der Waals surface area contributed by atoms with Gasteiger partial charge in [0.15, 0.2) is 11.6 Å². The monoisotopic (exact) mass is 447 g/mol. The van der Waals surface area contributed by atoms with E-state index in [0.29, 0.717) is 0 Å². The van der Waals surface area contributed by atoms with Crippen LogP contribution in [0.1, 0.15) is 48.3 Å². The van der Waals surface area contributed by atoms with E-state index in [1.54, 1.807) is 6.07 Å². The van der Waals surface area contributed by atoms with Crippen molar-refractivity contribution in [2.45, 2.75) is 43.4 Å². The minimum atomic E-state index is -3.40. The third-order valence-electron chi connectivity index (χ3n) is 5.43. The molecule has 1 atom stereocenters. The van der Waals surface area contributed by atoms with Gasteiger partial charge in [-0.3, -0.25) is 9.59 Å². The fourth-order valence-electron chi connectivity index (χ4n) is 3.73. The van der Waals surface area contributed by atoms with Crippen LogP contribution in [0.5, 0.6) is 5.75 Å². The molecule has 0 saturated heterocycles. The number of benzene rings is 1. The molecular weight excluding hydrogens is 421 g/mol. The standard InChI is InChI=1S/C22H26FN3O4S/c1-22(2)9-4-6-14-12-16(21(28)26-19(14)22)20(27)25-10-5-11-31(24,29)15-7-8-18(30-3)17(23)13-15/h5,7-8,11-13,24H,4,6,9-10H2,1-3H3,(H,25,27)(H,26,28)/b11-5+. The van der Waals surface area contributed by atoms with E-state index in [1.807, 2.05) is 0 Å². The Labute approximate surface area is 180 Å². The van der Waals surface area contributed by atoms with E-state index in [-0.39, 0.29) is 28.2 Å². The lowest BCUT2D eigenvalue weighted by atomic mass is 9.76. The summed E-state index contributed by atoms with van der Waals surface area (Å²) in [7, 11) is -2.09. The maximum Gasteiger partial charge on any atom is 0.261 e. The highest BCUT2D eigenvalue weighted by Crippen LogP contribution is 2.34. The van der Waals surface area contributed by atoms with E-state index in [4.69, 9.17) is 9.52 Å². The van der Waals surface area contributed by atoms with Gasteiger partial charge in [0.1, 0.15) is 5.56 Å². The summed E-state index contributed by atoms with van der Waals surface area (Å²) in [5, 5.41) is 3.68. The normalized spacial score (nSPS) is 17.0. The summed E-state index contributed by atoms with van der Waals surface area (Å²) in [4.78, 5) is 27.8. The topological polar surface area (TPSA) is 112 Å². The number of H-pyrrole nitrogens is 1. The maximum atomic E-state index is 13.8. The molecule has 166 valence electrons. The number of aromatic amines is 1. The van der Waals surface area contributed by atoms with E-state index in [9.17, 15) is 18.2 Å². The molecule has 0 saturated carbocycles. The summed E-state index contributed by atoms with van der Waals surface area (Å²) in [5.74, 6) is -1.27. The largest absolute Gasteiger partial charge is 0.494 e. The Morgan fingerprint density at radius 1 is 1.39 bits per heavy atom. The van der Waals surface area contributed by atoms with E-state index >= 15 is 0 Å². The Balaban J connectivity index is 1.69. The number of hydrogen-bond acceptors (Lipinski definition) is 5. The molecule has 3 N–H and O–H groups in total. The highest BCUT2D eigenvalue weighted by Gasteiger charge is 2.29. The number of methoxy groups -OCH3 is 1. The van der Waals surface area contributed by atoms with Crippen LogP contribution in [0.3, 0.4) is 0 Å². The number of hydrogen-bond donors (Lipinski definition) is 3. The Bertz CT molecular complexity index is 1200. The molecule has 1 heterocycles. The maximum absolute atomic E-state index is 13.8. The Hall–Kier alpha value is -2.94. The van der Waals surface area contributed by atoms with Crippen molar-refractivity contribution in [2.24, 2.45) is 0 Å². The van der Waals surface area contributed by atoms with Crippen LogP contribution in [-0.2, 0) is 21.6 Å². The molecule has 1 aliphatic rings. The van der Waals surface area contributed by atoms with E-state index in [0.717, 1.165) is 42.0 Å². The molecule has 31 heavy (non-hydrogen) atoms. The number of pyridine rings is 1. The number of carbonyl (C=O) groups is 1. The molecule has 1 aromatic carbocycles. The molecule has 1 unspecified atom stereocenters. The second kappa shape index (κ2) is 8.66. The number of halogens is 1. The first kappa shape index (κ1) is 22.7. The molecule has 3 rings (SSSR count). The van der Waals surface area contributed by atoms with Crippen LogP contribution in [0.4, 0.5) is 4.39 Å². The van der Waals surface area contributed by atoms with Crippen molar-refractivity contribution < 1.29 is 18.1 Å². The average Bonchev–Trinajstić information content (AvgIpc) is 2.71. The molecule has 7 nitrogen and oxygen atoms in total. The lowest BCUT2D eigenvalue weighted by Gasteiger charge is -2.31. The van der Waals surface area contributed by atoms with E-state index in [2.05, 4.69) is 24.1 Å². The number of amides is 1. The molecular formula is C22H26FN3O4S. The third kappa shape index (κ3) is 4.87. The molecule has 1 aromatic heterocycles. The molecule has 2 aromatic rings. The van der Waals surface area contributed by atoms with Gasteiger partial charge in [-0.05, 0) is 49.1 Å². The van der Waals surface area contributed by atoms with Crippen LogP contribution in [0, 0.1) is 10.6 Å².